The predicted molar refractivity (Wildman–Crippen MR) is 100 cm³/mol. The highest BCUT2D eigenvalue weighted by Crippen LogP contribution is 2.28. The number of halogens is 1. The number of nitrogens with one attached hydrogen (secondary N) is 1. The number of nitrogens with zero attached hydrogens (tertiary/aromatic N) is 3. The number of pyridine rings is 1. The molecule has 122 valence electrons. The summed E-state index contributed by atoms with van der Waals surface area (Å²) in [6.07, 6.45) is 0. The summed E-state index contributed by atoms with van der Waals surface area (Å²) < 4.78 is 3.13. The van der Waals surface area contributed by atoms with Gasteiger partial charge in [-0.2, -0.15) is 0 Å². The van der Waals surface area contributed by atoms with Crippen molar-refractivity contribution in [1.82, 2.24) is 15.0 Å². The second-order valence-corrected chi connectivity index (χ2v) is 6.70. The van der Waals surface area contributed by atoms with Gasteiger partial charge in [-0.3, -0.25) is 4.72 Å². The summed E-state index contributed by atoms with van der Waals surface area (Å²) in [4.78, 5) is 13.3. The molecule has 2 heterocycles. The minimum Gasteiger partial charge on any atom is -0.293 e. The zero-order valence-corrected chi connectivity index (χ0v) is 15.2. The van der Waals surface area contributed by atoms with Gasteiger partial charge in [-0.1, -0.05) is 35.9 Å². The minimum absolute atomic E-state index is 0.406. The number of rotatable bonds is 4. The maximum Gasteiger partial charge on any atom is 0.235 e. The highest BCUT2D eigenvalue weighted by atomic mass is 35.5. The van der Waals surface area contributed by atoms with Crippen molar-refractivity contribution in [3.05, 3.63) is 64.4 Å². The van der Waals surface area contributed by atoms with E-state index < -0.39 is 0 Å². The summed E-state index contributed by atoms with van der Waals surface area (Å²) in [5.74, 6) is 0.466. The van der Waals surface area contributed by atoms with E-state index in [0.29, 0.717) is 11.1 Å². The molecule has 0 spiro atoms. The Hall–Kier alpha value is -2.11. The van der Waals surface area contributed by atoms with E-state index in [-0.39, 0.29) is 0 Å². The molecule has 3 rings (SSSR count). The van der Waals surface area contributed by atoms with Crippen molar-refractivity contribution in [2.45, 2.75) is 25.8 Å². The Morgan fingerprint density at radius 1 is 0.917 bits per heavy atom. The largest absolute Gasteiger partial charge is 0.293 e. The van der Waals surface area contributed by atoms with Crippen LogP contribution < -0.4 is 4.72 Å². The van der Waals surface area contributed by atoms with Crippen molar-refractivity contribution in [2.75, 3.05) is 4.72 Å². The van der Waals surface area contributed by atoms with Gasteiger partial charge in [-0.15, -0.1) is 0 Å². The molecule has 2 aromatic heterocycles. The highest BCUT2D eigenvalue weighted by Gasteiger charge is 2.10. The van der Waals surface area contributed by atoms with Crippen LogP contribution in [0.2, 0.25) is 5.15 Å². The van der Waals surface area contributed by atoms with Gasteiger partial charge in [0.2, 0.25) is 5.95 Å². The molecule has 1 N–H and O–H groups in total. The monoisotopic (exact) mass is 356 g/mol. The van der Waals surface area contributed by atoms with Crippen LogP contribution in [0.5, 0.6) is 0 Å². The molecule has 0 fully saturated rings. The van der Waals surface area contributed by atoms with Gasteiger partial charge in [0.15, 0.2) is 0 Å². The molecule has 6 heteroatoms. The molecule has 24 heavy (non-hydrogen) atoms. The van der Waals surface area contributed by atoms with Gasteiger partial charge < -0.3 is 0 Å². The first-order valence-electron chi connectivity index (χ1n) is 7.50. The van der Waals surface area contributed by atoms with Gasteiger partial charge in [0.1, 0.15) is 10.2 Å². The maximum absolute atomic E-state index is 6.20. The quantitative estimate of drug-likeness (QED) is 0.512. The zero-order valence-electron chi connectivity index (χ0n) is 13.7. The zero-order chi connectivity index (χ0) is 17.1. The molecule has 0 aliphatic carbocycles. The summed E-state index contributed by atoms with van der Waals surface area (Å²) in [5.41, 5.74) is 5.17. The first-order valence-corrected chi connectivity index (χ1v) is 8.70. The van der Waals surface area contributed by atoms with Crippen LogP contribution in [-0.2, 0) is 0 Å². The minimum atomic E-state index is 0.406. The molecular formula is C18H17ClN4S. The van der Waals surface area contributed by atoms with Crippen LogP contribution in [0.3, 0.4) is 0 Å². The van der Waals surface area contributed by atoms with Crippen molar-refractivity contribution < 1.29 is 0 Å². The average molecular weight is 357 g/mol. The molecule has 3 aromatic rings. The SMILES string of the molecule is Cc1cccc(SNc2nc(Cl)cc(-c3c(C)cccc3C)n2)n1. The second kappa shape index (κ2) is 7.20. The third kappa shape index (κ3) is 3.86. The van der Waals surface area contributed by atoms with Gasteiger partial charge in [-0.05, 0) is 44.0 Å². The van der Waals surface area contributed by atoms with Crippen molar-refractivity contribution in [2.24, 2.45) is 0 Å². The van der Waals surface area contributed by atoms with E-state index in [4.69, 9.17) is 11.6 Å². The van der Waals surface area contributed by atoms with E-state index in [2.05, 4.69) is 45.7 Å². The lowest BCUT2D eigenvalue weighted by Crippen LogP contribution is -1.99. The van der Waals surface area contributed by atoms with Crippen LogP contribution in [-0.4, -0.2) is 15.0 Å². The van der Waals surface area contributed by atoms with Crippen molar-refractivity contribution in [1.29, 1.82) is 0 Å². The first-order chi connectivity index (χ1) is 11.5. The van der Waals surface area contributed by atoms with E-state index in [1.807, 2.05) is 31.2 Å². The smallest absolute Gasteiger partial charge is 0.235 e. The van der Waals surface area contributed by atoms with Crippen LogP contribution in [0, 0.1) is 20.8 Å². The highest BCUT2D eigenvalue weighted by molar-refractivity contribution is 8.00. The summed E-state index contributed by atoms with van der Waals surface area (Å²) in [7, 11) is 0. The van der Waals surface area contributed by atoms with Gasteiger partial charge in [0.05, 0.1) is 5.69 Å². The average Bonchev–Trinajstić information content (AvgIpc) is 2.52. The Morgan fingerprint density at radius 3 is 2.33 bits per heavy atom. The summed E-state index contributed by atoms with van der Waals surface area (Å²) >= 11 is 7.56. The number of hydrogen-bond acceptors (Lipinski definition) is 5. The number of benzene rings is 1. The molecular weight excluding hydrogens is 340 g/mol. The van der Waals surface area contributed by atoms with E-state index >= 15 is 0 Å². The fourth-order valence-corrected chi connectivity index (χ4v) is 3.29. The molecule has 4 nitrogen and oxygen atoms in total. The Kier molecular flexibility index (Phi) is 5.02. The lowest BCUT2D eigenvalue weighted by molar-refractivity contribution is 1.07. The predicted octanol–water partition coefficient (Wildman–Crippen LogP) is 5.24. The molecule has 0 aliphatic heterocycles. The molecule has 0 bridgehead atoms. The molecule has 0 saturated carbocycles. The summed E-state index contributed by atoms with van der Waals surface area (Å²) in [5, 5.41) is 1.26. The second-order valence-electron chi connectivity index (χ2n) is 5.49. The number of aryl methyl sites for hydroxylation is 3. The molecule has 0 aliphatic rings. The van der Waals surface area contributed by atoms with Crippen molar-refractivity contribution in [3.63, 3.8) is 0 Å². The van der Waals surface area contributed by atoms with Crippen LogP contribution in [0.15, 0.2) is 47.5 Å². The maximum atomic E-state index is 6.20. The number of aromatic nitrogens is 3. The van der Waals surface area contributed by atoms with Crippen LogP contribution in [0.4, 0.5) is 5.95 Å². The molecule has 1 aromatic carbocycles. The normalized spacial score (nSPS) is 10.7. The van der Waals surface area contributed by atoms with Gasteiger partial charge in [0, 0.05) is 29.3 Å². The molecule has 0 unspecified atom stereocenters. The molecule has 0 atom stereocenters. The summed E-state index contributed by atoms with van der Waals surface area (Å²) in [6, 6.07) is 13.8. The van der Waals surface area contributed by atoms with Crippen LogP contribution >= 0.6 is 23.5 Å². The fourth-order valence-electron chi connectivity index (χ4n) is 2.48. The topological polar surface area (TPSA) is 50.7 Å². The number of hydrogen-bond donors (Lipinski definition) is 1. The van der Waals surface area contributed by atoms with E-state index in [0.717, 1.165) is 33.1 Å². The molecule has 0 saturated heterocycles. The Morgan fingerprint density at radius 2 is 1.62 bits per heavy atom. The van der Waals surface area contributed by atoms with E-state index in [1.54, 1.807) is 6.07 Å². The van der Waals surface area contributed by atoms with E-state index in [1.165, 1.54) is 11.9 Å². The number of anilines is 1. The summed E-state index contributed by atoms with van der Waals surface area (Å²) in [6.45, 7) is 6.09. The first kappa shape index (κ1) is 16.7. The van der Waals surface area contributed by atoms with Crippen LogP contribution in [0.1, 0.15) is 16.8 Å². The van der Waals surface area contributed by atoms with Gasteiger partial charge in [-0.25, -0.2) is 15.0 Å². The Labute approximate surface area is 150 Å². The third-order valence-corrected chi connectivity index (χ3v) is 4.46. The Balaban J connectivity index is 1.89. The third-order valence-electron chi connectivity index (χ3n) is 3.54. The van der Waals surface area contributed by atoms with Crippen molar-refractivity contribution >= 4 is 29.5 Å². The lowest BCUT2D eigenvalue weighted by Gasteiger charge is -2.11. The van der Waals surface area contributed by atoms with Gasteiger partial charge in [0.25, 0.3) is 0 Å². The Bertz CT molecular complexity index is 862. The van der Waals surface area contributed by atoms with Crippen molar-refractivity contribution in [3.8, 4) is 11.3 Å². The molecule has 0 radical (unpaired) electrons. The van der Waals surface area contributed by atoms with Gasteiger partial charge >= 0.3 is 0 Å². The van der Waals surface area contributed by atoms with E-state index in [9.17, 15) is 0 Å². The lowest BCUT2D eigenvalue weighted by atomic mass is 10.00. The standard InChI is InChI=1S/C18H17ClN4S/c1-11-6-4-7-12(2)17(11)14-10-15(19)22-18(21-14)23-24-16-9-5-8-13(3)20-16/h4-10H,1-3H3,(H,21,22,23). The van der Waals surface area contributed by atoms with Crippen LogP contribution in [0.25, 0.3) is 11.3 Å². The fraction of sp³-hybridized carbons (Fsp3) is 0.167. The molecule has 0 amide bonds.